The van der Waals surface area contributed by atoms with Crippen molar-refractivity contribution in [2.45, 2.75) is 53.2 Å². The van der Waals surface area contributed by atoms with Gasteiger partial charge in [0, 0.05) is 20.1 Å². The molecule has 0 aliphatic carbocycles. The molecule has 1 aromatic carbocycles. The van der Waals surface area contributed by atoms with Crippen molar-refractivity contribution in [3.05, 3.63) is 52.7 Å². The van der Waals surface area contributed by atoms with Crippen LogP contribution in [0, 0.1) is 19.8 Å². The van der Waals surface area contributed by atoms with Crippen molar-refractivity contribution in [3.63, 3.8) is 0 Å². The quantitative estimate of drug-likeness (QED) is 0.591. The van der Waals surface area contributed by atoms with Crippen LogP contribution in [0.1, 0.15) is 48.2 Å². The van der Waals surface area contributed by atoms with E-state index in [9.17, 15) is 0 Å². The smallest absolute Gasteiger partial charge is 0.214 e. The Labute approximate surface area is 168 Å². The Morgan fingerprint density at radius 3 is 2.57 bits per heavy atom. The number of guanidine groups is 1. The average Bonchev–Trinajstić information content (AvgIpc) is 3.02. The normalized spacial score (nSPS) is 16.4. The largest absolute Gasteiger partial charge is 0.444 e. The highest BCUT2D eigenvalue weighted by Crippen LogP contribution is 2.18. The lowest BCUT2D eigenvalue weighted by atomic mass is 9.98. The minimum Gasteiger partial charge on any atom is -0.444 e. The fraction of sp³-hybridized carbons (Fsp3) is 0.545. The summed E-state index contributed by atoms with van der Waals surface area (Å²) in [7, 11) is 1.77. The summed E-state index contributed by atoms with van der Waals surface area (Å²) < 4.78 is 5.61. The summed E-state index contributed by atoms with van der Waals surface area (Å²) in [5, 5.41) is 6.63. The number of nitrogens with one attached hydrogen (secondary N) is 2. The second-order valence-electron chi connectivity index (χ2n) is 7.81. The lowest BCUT2D eigenvalue weighted by Crippen LogP contribution is -2.36. The van der Waals surface area contributed by atoms with Crippen molar-refractivity contribution in [1.29, 1.82) is 0 Å². The molecule has 152 valence electrons. The van der Waals surface area contributed by atoms with Gasteiger partial charge in [0.2, 0.25) is 5.89 Å². The molecule has 0 radical (unpaired) electrons. The fourth-order valence-corrected chi connectivity index (χ4v) is 3.50. The van der Waals surface area contributed by atoms with E-state index in [0.29, 0.717) is 12.4 Å². The van der Waals surface area contributed by atoms with Gasteiger partial charge in [0.1, 0.15) is 5.76 Å². The first kappa shape index (κ1) is 20.4. The molecule has 0 amide bonds. The minimum absolute atomic E-state index is 0.516. The van der Waals surface area contributed by atoms with Gasteiger partial charge in [0.05, 0.1) is 12.2 Å². The first-order valence-corrected chi connectivity index (χ1v) is 10.2. The van der Waals surface area contributed by atoms with Gasteiger partial charge < -0.3 is 15.1 Å². The average molecular weight is 384 g/mol. The Balaban J connectivity index is 1.48. The van der Waals surface area contributed by atoms with E-state index in [2.05, 4.69) is 56.7 Å². The molecule has 1 aliphatic heterocycles. The number of piperidine rings is 1. The molecule has 6 nitrogen and oxygen atoms in total. The number of hydrogen-bond donors (Lipinski definition) is 2. The number of aromatic nitrogens is 1. The molecule has 6 heteroatoms. The summed E-state index contributed by atoms with van der Waals surface area (Å²) in [6.45, 7) is 10.9. The number of oxazole rings is 1. The van der Waals surface area contributed by atoms with Gasteiger partial charge in [-0.05, 0) is 56.8 Å². The lowest BCUT2D eigenvalue weighted by molar-refractivity contribution is 0.185. The van der Waals surface area contributed by atoms with Crippen LogP contribution in [0.3, 0.4) is 0 Å². The van der Waals surface area contributed by atoms with Gasteiger partial charge in [-0.25, -0.2) is 4.98 Å². The van der Waals surface area contributed by atoms with Crippen LogP contribution >= 0.6 is 0 Å². The van der Waals surface area contributed by atoms with Gasteiger partial charge >= 0.3 is 0 Å². The highest BCUT2D eigenvalue weighted by Gasteiger charge is 2.15. The predicted molar refractivity (Wildman–Crippen MR) is 113 cm³/mol. The first-order chi connectivity index (χ1) is 13.5. The Bertz CT molecular complexity index is 770. The zero-order valence-corrected chi connectivity index (χ0v) is 17.6. The standard InChI is InChI=1S/C22H33N5O/c1-16-8-10-27(11-9-16)15-20-7-5-6-19(12-20)13-24-22(23-4)25-14-21-26-17(2)18(3)28-21/h5-7,12,16H,8-11,13-15H2,1-4H3,(H2,23,24,25). The van der Waals surface area contributed by atoms with Crippen molar-refractivity contribution >= 4 is 5.96 Å². The van der Waals surface area contributed by atoms with Crippen LogP contribution < -0.4 is 10.6 Å². The Morgan fingerprint density at radius 2 is 1.89 bits per heavy atom. The summed E-state index contributed by atoms with van der Waals surface area (Å²) in [5.41, 5.74) is 3.57. The molecule has 2 N–H and O–H groups in total. The zero-order valence-electron chi connectivity index (χ0n) is 17.6. The second kappa shape index (κ2) is 9.73. The molecule has 0 spiro atoms. The molecule has 1 fully saturated rings. The molecule has 1 saturated heterocycles. The molecule has 0 bridgehead atoms. The van der Waals surface area contributed by atoms with E-state index in [1.54, 1.807) is 7.05 Å². The first-order valence-electron chi connectivity index (χ1n) is 10.2. The number of aliphatic imine (C=N–C) groups is 1. The van der Waals surface area contributed by atoms with Gasteiger partial charge in [0.25, 0.3) is 0 Å². The molecule has 28 heavy (non-hydrogen) atoms. The maximum atomic E-state index is 5.61. The highest BCUT2D eigenvalue weighted by atomic mass is 16.4. The van der Waals surface area contributed by atoms with E-state index >= 15 is 0 Å². The second-order valence-corrected chi connectivity index (χ2v) is 7.81. The number of benzene rings is 1. The molecule has 1 aliphatic rings. The topological polar surface area (TPSA) is 65.7 Å². The summed E-state index contributed by atoms with van der Waals surface area (Å²) in [6, 6.07) is 8.82. The van der Waals surface area contributed by atoms with E-state index in [-0.39, 0.29) is 0 Å². The van der Waals surface area contributed by atoms with Crippen molar-refractivity contribution in [3.8, 4) is 0 Å². The van der Waals surface area contributed by atoms with E-state index in [1.165, 1.54) is 37.1 Å². The fourth-order valence-electron chi connectivity index (χ4n) is 3.50. The molecule has 0 saturated carbocycles. The molecule has 0 unspecified atom stereocenters. The van der Waals surface area contributed by atoms with Gasteiger partial charge in [-0.15, -0.1) is 0 Å². The van der Waals surface area contributed by atoms with Crippen LogP contribution in [0.2, 0.25) is 0 Å². The van der Waals surface area contributed by atoms with E-state index < -0.39 is 0 Å². The van der Waals surface area contributed by atoms with Crippen LogP contribution in [-0.4, -0.2) is 36.0 Å². The third-order valence-corrected chi connectivity index (χ3v) is 5.44. The van der Waals surface area contributed by atoms with Gasteiger partial charge in [0.15, 0.2) is 5.96 Å². The Morgan fingerprint density at radius 1 is 1.18 bits per heavy atom. The third kappa shape index (κ3) is 5.83. The van der Waals surface area contributed by atoms with Crippen molar-refractivity contribution in [1.82, 2.24) is 20.5 Å². The Kier molecular flexibility index (Phi) is 7.09. The number of nitrogens with zero attached hydrogens (tertiary/aromatic N) is 3. The SMILES string of the molecule is CN=C(NCc1cccc(CN2CCC(C)CC2)c1)NCc1nc(C)c(C)o1. The predicted octanol–water partition coefficient (Wildman–Crippen LogP) is 3.39. The zero-order chi connectivity index (χ0) is 19.9. The van der Waals surface area contributed by atoms with E-state index in [0.717, 1.165) is 36.4 Å². The van der Waals surface area contributed by atoms with Crippen molar-refractivity contribution < 1.29 is 4.42 Å². The van der Waals surface area contributed by atoms with Gasteiger partial charge in [-0.2, -0.15) is 0 Å². The number of aryl methyl sites for hydroxylation is 2. The van der Waals surface area contributed by atoms with Gasteiger partial charge in [-0.3, -0.25) is 9.89 Å². The monoisotopic (exact) mass is 383 g/mol. The number of rotatable bonds is 6. The third-order valence-electron chi connectivity index (χ3n) is 5.44. The molecule has 3 rings (SSSR count). The molecule has 1 aromatic heterocycles. The number of likely N-dealkylation sites (tertiary alicyclic amines) is 1. The molecular weight excluding hydrogens is 350 g/mol. The van der Waals surface area contributed by atoms with Crippen molar-refractivity contribution in [2.75, 3.05) is 20.1 Å². The van der Waals surface area contributed by atoms with Crippen LogP contribution in [0.4, 0.5) is 0 Å². The van der Waals surface area contributed by atoms with Crippen LogP contribution in [0.15, 0.2) is 33.7 Å². The molecule has 2 heterocycles. The van der Waals surface area contributed by atoms with Gasteiger partial charge in [-0.1, -0.05) is 31.2 Å². The van der Waals surface area contributed by atoms with Crippen LogP contribution in [0.25, 0.3) is 0 Å². The van der Waals surface area contributed by atoms with Crippen molar-refractivity contribution in [2.24, 2.45) is 10.9 Å². The molecule has 2 aromatic rings. The van der Waals surface area contributed by atoms with Crippen LogP contribution in [-0.2, 0) is 19.6 Å². The maximum Gasteiger partial charge on any atom is 0.214 e. The summed E-state index contributed by atoms with van der Waals surface area (Å²) in [4.78, 5) is 11.2. The maximum absolute atomic E-state index is 5.61. The summed E-state index contributed by atoms with van der Waals surface area (Å²) in [5.74, 6) is 3.15. The molecule has 0 atom stereocenters. The van der Waals surface area contributed by atoms with Crippen LogP contribution in [0.5, 0.6) is 0 Å². The highest BCUT2D eigenvalue weighted by molar-refractivity contribution is 5.79. The Hall–Kier alpha value is -2.34. The summed E-state index contributed by atoms with van der Waals surface area (Å²) in [6.07, 6.45) is 2.62. The lowest BCUT2D eigenvalue weighted by Gasteiger charge is -2.30. The van der Waals surface area contributed by atoms with E-state index in [1.807, 2.05) is 13.8 Å². The van der Waals surface area contributed by atoms with E-state index in [4.69, 9.17) is 4.42 Å². The summed E-state index contributed by atoms with van der Waals surface area (Å²) >= 11 is 0. The minimum atomic E-state index is 0.516. The molecular formula is C22H33N5O. The number of hydrogen-bond acceptors (Lipinski definition) is 4.